The topological polar surface area (TPSA) is 32.3 Å². The molecule has 0 aliphatic heterocycles. The third-order valence-corrected chi connectivity index (χ3v) is 2.53. The van der Waals surface area contributed by atoms with Crippen molar-refractivity contribution in [1.29, 1.82) is 0 Å². The zero-order valence-corrected chi connectivity index (χ0v) is 9.88. The summed E-state index contributed by atoms with van der Waals surface area (Å²) in [6.07, 6.45) is 1.05. The Kier molecular flexibility index (Phi) is 4.15. The number of aliphatic hydroxyl groups is 1. The summed E-state index contributed by atoms with van der Waals surface area (Å²) in [5.41, 5.74) is 2.40. The van der Waals surface area contributed by atoms with Gasteiger partial charge in [-0.25, -0.2) is 0 Å². The van der Waals surface area contributed by atoms with E-state index in [2.05, 4.69) is 36.5 Å². The van der Waals surface area contributed by atoms with E-state index in [9.17, 15) is 0 Å². The predicted molar refractivity (Wildman–Crippen MR) is 65.2 cm³/mol. The molecule has 84 valence electrons. The van der Waals surface area contributed by atoms with Gasteiger partial charge in [0.05, 0.1) is 0 Å². The SMILES string of the molecule is CCc1cccc(NCC(C)(C)CO)c1. The van der Waals surface area contributed by atoms with Gasteiger partial charge in [-0.3, -0.25) is 0 Å². The first-order valence-corrected chi connectivity index (χ1v) is 5.51. The Labute approximate surface area is 92.3 Å². The largest absolute Gasteiger partial charge is 0.396 e. The normalized spacial score (nSPS) is 11.5. The summed E-state index contributed by atoms with van der Waals surface area (Å²) in [6.45, 7) is 7.23. The van der Waals surface area contributed by atoms with Crippen LogP contribution in [0.25, 0.3) is 0 Å². The van der Waals surface area contributed by atoms with Gasteiger partial charge >= 0.3 is 0 Å². The number of anilines is 1. The Balaban J connectivity index is 2.57. The number of rotatable bonds is 5. The van der Waals surface area contributed by atoms with Gasteiger partial charge in [-0.1, -0.05) is 32.9 Å². The van der Waals surface area contributed by atoms with Crippen molar-refractivity contribution in [3.63, 3.8) is 0 Å². The molecule has 0 radical (unpaired) electrons. The number of hydrogen-bond acceptors (Lipinski definition) is 2. The second-order valence-electron chi connectivity index (χ2n) is 4.73. The molecule has 0 fully saturated rings. The molecule has 0 bridgehead atoms. The minimum Gasteiger partial charge on any atom is -0.396 e. The molecule has 2 N–H and O–H groups in total. The number of benzene rings is 1. The molecule has 1 aromatic carbocycles. The highest BCUT2D eigenvalue weighted by Crippen LogP contribution is 2.17. The molecule has 0 amide bonds. The van der Waals surface area contributed by atoms with Gasteiger partial charge in [0.2, 0.25) is 0 Å². The molecule has 1 aromatic rings. The van der Waals surface area contributed by atoms with Crippen LogP contribution < -0.4 is 5.32 Å². The quantitative estimate of drug-likeness (QED) is 0.778. The second kappa shape index (κ2) is 5.17. The first-order valence-electron chi connectivity index (χ1n) is 5.51. The molecule has 0 saturated carbocycles. The van der Waals surface area contributed by atoms with Gasteiger partial charge in [-0.15, -0.1) is 0 Å². The lowest BCUT2D eigenvalue weighted by molar-refractivity contribution is 0.171. The maximum Gasteiger partial charge on any atom is 0.0498 e. The van der Waals surface area contributed by atoms with Crippen LogP contribution in [0.4, 0.5) is 5.69 Å². The Bertz CT molecular complexity index is 307. The van der Waals surface area contributed by atoms with Crippen LogP contribution in [0.5, 0.6) is 0 Å². The highest BCUT2D eigenvalue weighted by Gasteiger charge is 2.15. The standard InChI is InChI=1S/C13H21NO/c1-4-11-6-5-7-12(8-11)14-9-13(2,3)10-15/h5-8,14-15H,4,9-10H2,1-3H3. The van der Waals surface area contributed by atoms with Crippen molar-refractivity contribution in [2.75, 3.05) is 18.5 Å². The Morgan fingerprint density at radius 2 is 2.07 bits per heavy atom. The van der Waals surface area contributed by atoms with Crippen molar-refractivity contribution in [3.8, 4) is 0 Å². The van der Waals surface area contributed by atoms with Crippen LogP contribution in [0.15, 0.2) is 24.3 Å². The van der Waals surface area contributed by atoms with Crippen molar-refractivity contribution < 1.29 is 5.11 Å². The smallest absolute Gasteiger partial charge is 0.0498 e. The van der Waals surface area contributed by atoms with E-state index in [4.69, 9.17) is 5.11 Å². The highest BCUT2D eigenvalue weighted by molar-refractivity contribution is 5.45. The zero-order chi connectivity index (χ0) is 11.3. The molecule has 0 aliphatic rings. The van der Waals surface area contributed by atoms with E-state index in [0.717, 1.165) is 18.7 Å². The van der Waals surface area contributed by atoms with Crippen LogP contribution in [0.2, 0.25) is 0 Å². The predicted octanol–water partition coefficient (Wildman–Crippen LogP) is 2.68. The molecule has 1 rings (SSSR count). The van der Waals surface area contributed by atoms with Gasteiger partial charge in [0.25, 0.3) is 0 Å². The molecule has 2 nitrogen and oxygen atoms in total. The lowest BCUT2D eigenvalue weighted by atomic mass is 9.95. The number of hydrogen-bond donors (Lipinski definition) is 2. The van der Waals surface area contributed by atoms with Crippen LogP contribution in [-0.4, -0.2) is 18.3 Å². The fourth-order valence-corrected chi connectivity index (χ4v) is 1.30. The number of aryl methyl sites for hydroxylation is 1. The molecule has 0 atom stereocenters. The molecule has 0 heterocycles. The number of nitrogens with one attached hydrogen (secondary N) is 1. The molecule has 0 aromatic heterocycles. The van der Waals surface area contributed by atoms with E-state index in [1.54, 1.807) is 0 Å². The molecule has 0 unspecified atom stereocenters. The van der Waals surface area contributed by atoms with Gasteiger partial charge < -0.3 is 10.4 Å². The zero-order valence-electron chi connectivity index (χ0n) is 9.88. The van der Waals surface area contributed by atoms with Gasteiger partial charge in [0, 0.05) is 24.3 Å². The van der Waals surface area contributed by atoms with Crippen molar-refractivity contribution in [1.82, 2.24) is 0 Å². The molecule has 15 heavy (non-hydrogen) atoms. The Morgan fingerprint density at radius 3 is 2.67 bits per heavy atom. The van der Waals surface area contributed by atoms with Crippen LogP contribution in [0, 0.1) is 5.41 Å². The Hall–Kier alpha value is -1.02. The average molecular weight is 207 g/mol. The minimum absolute atomic E-state index is 0.0672. The van der Waals surface area contributed by atoms with Crippen molar-refractivity contribution >= 4 is 5.69 Å². The van der Waals surface area contributed by atoms with Crippen LogP contribution in [0.3, 0.4) is 0 Å². The van der Waals surface area contributed by atoms with Gasteiger partial charge in [-0.2, -0.15) is 0 Å². The monoisotopic (exact) mass is 207 g/mol. The maximum atomic E-state index is 9.13. The molecule has 0 saturated heterocycles. The van der Waals surface area contributed by atoms with Gasteiger partial charge in [0.1, 0.15) is 0 Å². The van der Waals surface area contributed by atoms with Crippen molar-refractivity contribution in [3.05, 3.63) is 29.8 Å². The summed E-state index contributed by atoms with van der Waals surface area (Å²) in [6, 6.07) is 8.41. The number of aliphatic hydroxyl groups excluding tert-OH is 1. The van der Waals surface area contributed by atoms with E-state index in [1.807, 2.05) is 13.8 Å². The van der Waals surface area contributed by atoms with Crippen molar-refractivity contribution in [2.24, 2.45) is 5.41 Å². The summed E-state index contributed by atoms with van der Waals surface area (Å²) in [5, 5.41) is 12.5. The summed E-state index contributed by atoms with van der Waals surface area (Å²) in [5.74, 6) is 0. The summed E-state index contributed by atoms with van der Waals surface area (Å²) in [7, 11) is 0. The van der Waals surface area contributed by atoms with E-state index in [-0.39, 0.29) is 12.0 Å². The fourth-order valence-electron chi connectivity index (χ4n) is 1.30. The van der Waals surface area contributed by atoms with Gasteiger partial charge in [0.15, 0.2) is 0 Å². The summed E-state index contributed by atoms with van der Waals surface area (Å²) >= 11 is 0. The lowest BCUT2D eigenvalue weighted by Gasteiger charge is -2.22. The van der Waals surface area contributed by atoms with Crippen LogP contribution >= 0.6 is 0 Å². The second-order valence-corrected chi connectivity index (χ2v) is 4.73. The van der Waals surface area contributed by atoms with E-state index in [1.165, 1.54) is 5.56 Å². The molecule has 2 heteroatoms. The van der Waals surface area contributed by atoms with Crippen LogP contribution in [0.1, 0.15) is 26.3 Å². The summed E-state index contributed by atoms with van der Waals surface area (Å²) in [4.78, 5) is 0. The third kappa shape index (κ3) is 3.92. The lowest BCUT2D eigenvalue weighted by Crippen LogP contribution is -2.26. The molecule has 0 aliphatic carbocycles. The average Bonchev–Trinajstić information content (AvgIpc) is 2.27. The minimum atomic E-state index is -0.0672. The molecule has 0 spiro atoms. The van der Waals surface area contributed by atoms with Gasteiger partial charge in [-0.05, 0) is 24.1 Å². The first kappa shape index (κ1) is 12.1. The van der Waals surface area contributed by atoms with E-state index >= 15 is 0 Å². The summed E-state index contributed by atoms with van der Waals surface area (Å²) < 4.78 is 0. The van der Waals surface area contributed by atoms with Crippen molar-refractivity contribution in [2.45, 2.75) is 27.2 Å². The Morgan fingerprint density at radius 1 is 1.33 bits per heavy atom. The highest BCUT2D eigenvalue weighted by atomic mass is 16.3. The fraction of sp³-hybridized carbons (Fsp3) is 0.538. The third-order valence-electron chi connectivity index (χ3n) is 2.53. The maximum absolute atomic E-state index is 9.13. The molecular weight excluding hydrogens is 186 g/mol. The first-order chi connectivity index (χ1) is 7.07. The van der Waals surface area contributed by atoms with E-state index in [0.29, 0.717) is 0 Å². The van der Waals surface area contributed by atoms with Crippen LogP contribution in [-0.2, 0) is 6.42 Å². The van der Waals surface area contributed by atoms with E-state index < -0.39 is 0 Å². The molecular formula is C13H21NO.